The lowest BCUT2D eigenvalue weighted by molar-refractivity contribution is -0.0705. The number of halogens is 1. The molecular weight excluding hydrogens is 234 g/mol. The molecule has 0 spiro atoms. The highest BCUT2D eigenvalue weighted by molar-refractivity contribution is 7.15. The fourth-order valence-corrected chi connectivity index (χ4v) is 2.81. The summed E-state index contributed by atoms with van der Waals surface area (Å²) in [6.07, 6.45) is 0.578. The standard InChI is InChI=1S/C9H14ClN3OS/c1-6-3-13(4-7(2)14-6)5-8-11-12-9(10)15-8/h6-7H,3-5H2,1-2H3. The Balaban J connectivity index is 1.94. The second-order valence-electron chi connectivity index (χ2n) is 3.90. The molecule has 0 bridgehead atoms. The minimum Gasteiger partial charge on any atom is -0.373 e. The summed E-state index contributed by atoms with van der Waals surface area (Å²) < 4.78 is 6.17. The number of morpholine rings is 1. The summed E-state index contributed by atoms with van der Waals surface area (Å²) in [5.74, 6) is 0. The van der Waals surface area contributed by atoms with E-state index < -0.39 is 0 Å². The summed E-state index contributed by atoms with van der Waals surface area (Å²) >= 11 is 7.18. The summed E-state index contributed by atoms with van der Waals surface area (Å²) in [6.45, 7) is 6.90. The average molecular weight is 248 g/mol. The third-order valence-electron chi connectivity index (χ3n) is 2.30. The van der Waals surface area contributed by atoms with Crippen LogP contribution in [0.25, 0.3) is 0 Å². The summed E-state index contributed by atoms with van der Waals surface area (Å²) in [7, 11) is 0. The van der Waals surface area contributed by atoms with Gasteiger partial charge in [-0.2, -0.15) is 0 Å². The second kappa shape index (κ2) is 4.74. The van der Waals surface area contributed by atoms with E-state index in [0.29, 0.717) is 4.47 Å². The van der Waals surface area contributed by atoms with Crippen molar-refractivity contribution in [1.29, 1.82) is 0 Å². The molecule has 84 valence electrons. The Kier molecular flexibility index (Phi) is 3.56. The van der Waals surface area contributed by atoms with E-state index in [4.69, 9.17) is 16.3 Å². The molecule has 1 fully saturated rings. The SMILES string of the molecule is CC1CN(Cc2nnc(Cl)s2)CC(C)O1. The van der Waals surface area contributed by atoms with E-state index in [1.165, 1.54) is 11.3 Å². The Morgan fingerprint density at radius 1 is 1.40 bits per heavy atom. The Labute approximate surface area is 98.2 Å². The van der Waals surface area contributed by atoms with Crippen LogP contribution in [0.4, 0.5) is 0 Å². The van der Waals surface area contributed by atoms with E-state index >= 15 is 0 Å². The molecule has 0 amide bonds. The van der Waals surface area contributed by atoms with Crippen LogP contribution in [0.2, 0.25) is 4.47 Å². The third-order valence-corrected chi connectivity index (χ3v) is 3.30. The average Bonchev–Trinajstić information content (AvgIpc) is 2.49. The molecule has 1 aromatic rings. The maximum Gasteiger partial charge on any atom is 0.207 e. The molecule has 2 heterocycles. The molecule has 1 aromatic heterocycles. The number of nitrogens with zero attached hydrogens (tertiary/aromatic N) is 3. The minimum absolute atomic E-state index is 0.289. The molecule has 2 rings (SSSR count). The highest BCUT2D eigenvalue weighted by Gasteiger charge is 2.22. The van der Waals surface area contributed by atoms with Crippen LogP contribution in [-0.4, -0.2) is 40.4 Å². The predicted octanol–water partition coefficient (Wildman–Crippen LogP) is 1.80. The van der Waals surface area contributed by atoms with Gasteiger partial charge in [0, 0.05) is 13.1 Å². The zero-order valence-electron chi connectivity index (χ0n) is 8.81. The quantitative estimate of drug-likeness (QED) is 0.799. The van der Waals surface area contributed by atoms with E-state index in [1.54, 1.807) is 0 Å². The van der Waals surface area contributed by atoms with Crippen molar-refractivity contribution < 1.29 is 4.74 Å². The molecule has 0 radical (unpaired) electrons. The molecule has 6 heteroatoms. The van der Waals surface area contributed by atoms with Gasteiger partial charge in [0.25, 0.3) is 0 Å². The molecule has 0 aromatic carbocycles. The number of aromatic nitrogens is 2. The molecule has 1 saturated heterocycles. The first-order valence-corrected chi connectivity index (χ1v) is 6.18. The monoisotopic (exact) mass is 247 g/mol. The lowest BCUT2D eigenvalue weighted by Gasteiger charge is -2.34. The van der Waals surface area contributed by atoms with Crippen molar-refractivity contribution in [2.75, 3.05) is 13.1 Å². The summed E-state index contributed by atoms with van der Waals surface area (Å²) in [5.41, 5.74) is 0. The van der Waals surface area contributed by atoms with Gasteiger partial charge in [0.05, 0.1) is 18.8 Å². The van der Waals surface area contributed by atoms with Gasteiger partial charge in [0.2, 0.25) is 4.47 Å². The number of hydrogen-bond donors (Lipinski definition) is 0. The Morgan fingerprint density at radius 2 is 2.07 bits per heavy atom. The van der Waals surface area contributed by atoms with Gasteiger partial charge in [0.1, 0.15) is 5.01 Å². The molecule has 15 heavy (non-hydrogen) atoms. The van der Waals surface area contributed by atoms with Crippen molar-refractivity contribution in [1.82, 2.24) is 15.1 Å². The van der Waals surface area contributed by atoms with Crippen molar-refractivity contribution in [3.63, 3.8) is 0 Å². The van der Waals surface area contributed by atoms with E-state index in [0.717, 1.165) is 24.6 Å². The smallest absolute Gasteiger partial charge is 0.207 e. The Morgan fingerprint density at radius 3 is 2.60 bits per heavy atom. The highest BCUT2D eigenvalue weighted by atomic mass is 35.5. The van der Waals surface area contributed by atoms with E-state index in [9.17, 15) is 0 Å². The van der Waals surface area contributed by atoms with Gasteiger partial charge in [-0.05, 0) is 25.4 Å². The van der Waals surface area contributed by atoms with Crippen LogP contribution < -0.4 is 0 Å². The number of hydrogen-bond acceptors (Lipinski definition) is 5. The molecule has 1 aliphatic rings. The van der Waals surface area contributed by atoms with Crippen molar-refractivity contribution in [3.8, 4) is 0 Å². The molecule has 2 unspecified atom stereocenters. The van der Waals surface area contributed by atoms with Crippen molar-refractivity contribution in [3.05, 3.63) is 9.47 Å². The molecule has 0 saturated carbocycles. The van der Waals surface area contributed by atoms with Gasteiger partial charge in [0.15, 0.2) is 0 Å². The predicted molar refractivity (Wildman–Crippen MR) is 60.2 cm³/mol. The summed E-state index contributed by atoms with van der Waals surface area (Å²) in [4.78, 5) is 2.33. The maximum atomic E-state index is 5.74. The van der Waals surface area contributed by atoms with Crippen LogP contribution in [0.15, 0.2) is 0 Å². The van der Waals surface area contributed by atoms with Gasteiger partial charge < -0.3 is 4.74 Å². The largest absolute Gasteiger partial charge is 0.373 e. The van der Waals surface area contributed by atoms with Gasteiger partial charge in [-0.15, -0.1) is 10.2 Å². The van der Waals surface area contributed by atoms with Crippen LogP contribution in [0.5, 0.6) is 0 Å². The van der Waals surface area contributed by atoms with Crippen LogP contribution >= 0.6 is 22.9 Å². The normalized spacial score (nSPS) is 28.2. The van der Waals surface area contributed by atoms with Gasteiger partial charge >= 0.3 is 0 Å². The molecule has 1 aliphatic heterocycles. The van der Waals surface area contributed by atoms with Gasteiger partial charge in [-0.1, -0.05) is 11.3 Å². The van der Waals surface area contributed by atoms with E-state index in [-0.39, 0.29) is 12.2 Å². The van der Waals surface area contributed by atoms with Crippen molar-refractivity contribution in [2.24, 2.45) is 0 Å². The second-order valence-corrected chi connectivity index (χ2v) is 5.54. The number of rotatable bonds is 2. The Bertz CT molecular complexity index is 323. The zero-order valence-corrected chi connectivity index (χ0v) is 10.4. The maximum absolute atomic E-state index is 5.74. The van der Waals surface area contributed by atoms with E-state index in [2.05, 4.69) is 28.9 Å². The lowest BCUT2D eigenvalue weighted by Crippen LogP contribution is -2.44. The number of ether oxygens (including phenoxy) is 1. The molecule has 0 aliphatic carbocycles. The Hall–Kier alpha value is -0.230. The first-order chi connectivity index (χ1) is 7.13. The summed E-state index contributed by atoms with van der Waals surface area (Å²) in [5, 5.41) is 8.78. The lowest BCUT2D eigenvalue weighted by atomic mass is 10.2. The van der Waals surface area contributed by atoms with Crippen molar-refractivity contribution >= 4 is 22.9 Å². The van der Waals surface area contributed by atoms with Gasteiger partial charge in [-0.3, -0.25) is 4.90 Å². The molecule has 0 N–H and O–H groups in total. The molecular formula is C9H14ClN3OS. The van der Waals surface area contributed by atoms with Crippen molar-refractivity contribution in [2.45, 2.75) is 32.6 Å². The van der Waals surface area contributed by atoms with Crippen LogP contribution in [0.1, 0.15) is 18.9 Å². The molecule has 2 atom stereocenters. The van der Waals surface area contributed by atoms with Crippen LogP contribution in [-0.2, 0) is 11.3 Å². The fraction of sp³-hybridized carbons (Fsp3) is 0.778. The highest BCUT2D eigenvalue weighted by Crippen LogP contribution is 2.19. The van der Waals surface area contributed by atoms with Gasteiger partial charge in [-0.25, -0.2) is 0 Å². The molecule has 4 nitrogen and oxygen atoms in total. The summed E-state index contributed by atoms with van der Waals surface area (Å²) in [6, 6.07) is 0. The first-order valence-electron chi connectivity index (χ1n) is 4.99. The van der Waals surface area contributed by atoms with E-state index in [1.807, 2.05) is 0 Å². The fourth-order valence-electron chi connectivity index (χ4n) is 1.90. The zero-order chi connectivity index (χ0) is 10.8. The topological polar surface area (TPSA) is 38.2 Å². The van der Waals surface area contributed by atoms with Crippen LogP contribution in [0.3, 0.4) is 0 Å². The first kappa shape index (κ1) is 11.3. The minimum atomic E-state index is 0.289. The third kappa shape index (κ3) is 3.11. The van der Waals surface area contributed by atoms with Crippen LogP contribution in [0, 0.1) is 0 Å².